The fourth-order valence-electron chi connectivity index (χ4n) is 6.52. The van der Waals surface area contributed by atoms with Crippen LogP contribution in [0, 0.1) is 11.3 Å². The quantitative estimate of drug-likeness (QED) is 0.205. The van der Waals surface area contributed by atoms with Crippen molar-refractivity contribution in [2.75, 3.05) is 13.2 Å². The zero-order valence-corrected chi connectivity index (χ0v) is 21.1. The number of rotatable bonds is 5. The highest BCUT2D eigenvalue weighted by atomic mass is 16.7. The number of fused-ring (bicyclic) bond motifs is 3. The van der Waals surface area contributed by atoms with Crippen LogP contribution in [0.3, 0.4) is 0 Å². The van der Waals surface area contributed by atoms with Gasteiger partial charge in [-0.15, -0.1) is 0 Å². The predicted octanol–water partition coefficient (Wildman–Crippen LogP) is 0.187. The first-order valence-electron chi connectivity index (χ1n) is 12.6. The van der Waals surface area contributed by atoms with E-state index >= 15 is 0 Å². The normalized spacial score (nSPS) is 38.4. The third-order valence-corrected chi connectivity index (χ3v) is 8.84. The molecule has 1 heterocycles. The molecule has 0 amide bonds. The molecule has 1 saturated carbocycles. The van der Waals surface area contributed by atoms with Crippen molar-refractivity contribution < 1.29 is 54.8 Å². The lowest BCUT2D eigenvalue weighted by molar-refractivity contribution is -0.296. The maximum atomic E-state index is 13.6. The van der Waals surface area contributed by atoms with Crippen LogP contribution >= 0.6 is 0 Å². The van der Waals surface area contributed by atoms with Crippen LogP contribution in [0.15, 0.2) is 6.07 Å². The molecule has 1 aromatic rings. The minimum atomic E-state index is -1.76. The van der Waals surface area contributed by atoms with Crippen LogP contribution in [0.1, 0.15) is 73.9 Å². The molecule has 1 aliphatic heterocycles. The molecule has 206 valence electrons. The molecular formula is C26H36O11. The lowest BCUT2D eigenvalue weighted by Crippen LogP contribution is -2.61. The van der Waals surface area contributed by atoms with Gasteiger partial charge in [-0.2, -0.15) is 0 Å². The van der Waals surface area contributed by atoms with E-state index in [4.69, 9.17) is 9.47 Å². The number of ketones is 1. The second-order valence-corrected chi connectivity index (χ2v) is 11.1. The Morgan fingerprint density at radius 3 is 2.41 bits per heavy atom. The first kappa shape index (κ1) is 27.7. The molecule has 4 rings (SSSR count). The minimum absolute atomic E-state index is 0.0407. The molecule has 2 aliphatic carbocycles. The average Bonchev–Trinajstić information content (AvgIpc) is 2.86. The first-order chi connectivity index (χ1) is 17.3. The monoisotopic (exact) mass is 524 g/mol. The number of aromatic hydroxyl groups is 2. The minimum Gasteiger partial charge on any atom is -0.504 e. The van der Waals surface area contributed by atoms with Gasteiger partial charge in [0.05, 0.1) is 12.0 Å². The Morgan fingerprint density at radius 2 is 1.78 bits per heavy atom. The number of Topliss-reactive ketones (excluding diaryl/α,β-unsaturated/α-hetero) is 1. The second-order valence-electron chi connectivity index (χ2n) is 11.1. The molecule has 0 spiro atoms. The lowest BCUT2D eigenvalue weighted by atomic mass is 9.49. The fourth-order valence-corrected chi connectivity index (χ4v) is 6.52. The van der Waals surface area contributed by atoms with Gasteiger partial charge in [-0.1, -0.05) is 20.3 Å². The summed E-state index contributed by atoms with van der Waals surface area (Å²) in [7, 11) is 0. The summed E-state index contributed by atoms with van der Waals surface area (Å²) in [6, 6.07) is 1.51. The summed E-state index contributed by atoms with van der Waals surface area (Å²) < 4.78 is 10.8. The highest BCUT2D eigenvalue weighted by Crippen LogP contribution is 2.61. The maximum Gasteiger partial charge on any atom is 0.314 e. The van der Waals surface area contributed by atoms with Gasteiger partial charge in [0, 0.05) is 41.1 Å². The number of carbonyl (C=O) groups is 2. The molecule has 0 aromatic heterocycles. The van der Waals surface area contributed by atoms with Crippen molar-refractivity contribution in [3.63, 3.8) is 0 Å². The number of phenols is 2. The van der Waals surface area contributed by atoms with Crippen molar-refractivity contribution in [3.8, 4) is 11.5 Å². The molecule has 1 unspecified atom stereocenters. The number of aliphatic hydroxyl groups is 5. The summed E-state index contributed by atoms with van der Waals surface area (Å²) in [5, 5.41) is 71.2. The Morgan fingerprint density at radius 1 is 1.11 bits per heavy atom. The van der Waals surface area contributed by atoms with Crippen molar-refractivity contribution >= 4 is 11.8 Å². The predicted molar refractivity (Wildman–Crippen MR) is 127 cm³/mol. The number of aliphatic hydroxyl groups excluding tert-OH is 5. The van der Waals surface area contributed by atoms with E-state index in [1.54, 1.807) is 13.8 Å². The lowest BCUT2D eigenvalue weighted by Gasteiger charge is -2.54. The van der Waals surface area contributed by atoms with Gasteiger partial charge in [0.15, 0.2) is 17.3 Å². The van der Waals surface area contributed by atoms with E-state index in [0.29, 0.717) is 19.3 Å². The molecular weight excluding hydrogens is 488 g/mol. The fraction of sp³-hybridized carbons (Fsp3) is 0.692. The van der Waals surface area contributed by atoms with Gasteiger partial charge in [-0.25, -0.2) is 0 Å². The van der Waals surface area contributed by atoms with Crippen LogP contribution in [0.25, 0.3) is 0 Å². The maximum absolute atomic E-state index is 13.6. The van der Waals surface area contributed by atoms with Gasteiger partial charge in [0.1, 0.15) is 24.4 Å². The third kappa shape index (κ3) is 4.21. The highest BCUT2D eigenvalue weighted by Gasteiger charge is 2.59. The largest absolute Gasteiger partial charge is 0.504 e. The number of benzene rings is 1. The number of carbonyl (C=O) groups excluding carboxylic acids is 2. The van der Waals surface area contributed by atoms with E-state index < -0.39 is 77.4 Å². The van der Waals surface area contributed by atoms with E-state index in [9.17, 15) is 45.3 Å². The molecule has 7 N–H and O–H groups in total. The number of hydrogen-bond donors (Lipinski definition) is 7. The van der Waals surface area contributed by atoms with Crippen molar-refractivity contribution in [1.82, 2.24) is 0 Å². The molecule has 11 nitrogen and oxygen atoms in total. The zero-order chi connectivity index (χ0) is 27.4. The molecule has 11 heteroatoms. The van der Waals surface area contributed by atoms with Crippen molar-refractivity contribution in [2.45, 2.75) is 88.5 Å². The van der Waals surface area contributed by atoms with Crippen LogP contribution in [-0.2, 0) is 19.7 Å². The molecule has 1 aromatic carbocycles. The number of hydrogen-bond acceptors (Lipinski definition) is 11. The van der Waals surface area contributed by atoms with Crippen LogP contribution in [0.2, 0.25) is 0 Å². The smallest absolute Gasteiger partial charge is 0.314 e. The van der Waals surface area contributed by atoms with E-state index in [1.165, 1.54) is 6.07 Å². The van der Waals surface area contributed by atoms with Gasteiger partial charge in [-0.3, -0.25) is 9.59 Å². The van der Waals surface area contributed by atoms with Gasteiger partial charge < -0.3 is 45.2 Å². The summed E-state index contributed by atoms with van der Waals surface area (Å²) in [5.41, 5.74) is -1.40. The van der Waals surface area contributed by atoms with E-state index in [0.717, 1.165) is 0 Å². The van der Waals surface area contributed by atoms with Gasteiger partial charge >= 0.3 is 5.97 Å². The summed E-state index contributed by atoms with van der Waals surface area (Å²) in [6.07, 6.45) is -6.66. The molecule has 3 aliphatic rings. The van der Waals surface area contributed by atoms with Crippen LogP contribution < -0.4 is 0 Å². The summed E-state index contributed by atoms with van der Waals surface area (Å²) >= 11 is 0. The zero-order valence-electron chi connectivity index (χ0n) is 21.1. The molecule has 0 radical (unpaired) electrons. The summed E-state index contributed by atoms with van der Waals surface area (Å²) in [5.74, 6) is -3.13. The Kier molecular flexibility index (Phi) is 7.34. The summed E-state index contributed by atoms with van der Waals surface area (Å²) in [6.45, 7) is 4.16. The number of esters is 1. The molecule has 37 heavy (non-hydrogen) atoms. The van der Waals surface area contributed by atoms with Crippen LogP contribution in [0.5, 0.6) is 11.5 Å². The molecule has 2 fully saturated rings. The van der Waals surface area contributed by atoms with Gasteiger partial charge in [-0.05, 0) is 31.7 Å². The average molecular weight is 525 g/mol. The van der Waals surface area contributed by atoms with Crippen molar-refractivity contribution in [3.05, 3.63) is 22.8 Å². The van der Waals surface area contributed by atoms with E-state index in [-0.39, 0.29) is 35.5 Å². The van der Waals surface area contributed by atoms with Crippen LogP contribution in [0.4, 0.5) is 0 Å². The molecule has 0 bridgehead atoms. The van der Waals surface area contributed by atoms with Gasteiger partial charge in [0.2, 0.25) is 6.29 Å². The molecule has 1 saturated heterocycles. The third-order valence-electron chi connectivity index (χ3n) is 8.84. The standard InChI is InChI=1S/C26H36O11/c1-11(9-27)12-7-13-14(29)8-16-25(2,17(13)20(32)18(12)30)5-4-6-26(16,3)24(35)37-23-22(34)21(33)19(31)15(10-28)36-23/h7,11,15-16,19,21-23,27-28,30-34H,4-6,8-10H2,1-3H3/t11?,15-,16-,19-,21+,22-,23+,25+,26+/m1/s1. The second kappa shape index (κ2) is 9.79. The van der Waals surface area contributed by atoms with E-state index in [2.05, 4.69) is 0 Å². The topological polar surface area (TPSA) is 194 Å². The SMILES string of the molecule is CC(CO)c1cc2c(c(O)c1O)[C@@]1(C)CCC[C@](C)(C(=O)O[C@@H]3O[C@H](CO)[C@@H](O)[C@H](O)[C@H]3O)[C@@H]1CC2=O. The van der Waals surface area contributed by atoms with Crippen LogP contribution in [-0.4, -0.2) is 91.4 Å². The van der Waals surface area contributed by atoms with Gasteiger partial charge in [0.25, 0.3) is 0 Å². The number of ether oxygens (including phenoxy) is 2. The number of phenolic OH excluding ortho intramolecular Hbond substituents is 2. The first-order valence-corrected chi connectivity index (χ1v) is 12.6. The van der Waals surface area contributed by atoms with Crippen molar-refractivity contribution in [2.24, 2.45) is 11.3 Å². The van der Waals surface area contributed by atoms with E-state index in [1.807, 2.05) is 6.92 Å². The Balaban J connectivity index is 1.70. The highest BCUT2D eigenvalue weighted by molar-refractivity contribution is 6.01. The van der Waals surface area contributed by atoms with Crippen molar-refractivity contribution in [1.29, 1.82) is 0 Å². The Hall–Kier alpha value is -2.28. The Labute approximate surface area is 214 Å². The Bertz CT molecular complexity index is 1070. The molecule has 9 atom stereocenters. The summed E-state index contributed by atoms with van der Waals surface area (Å²) in [4.78, 5) is 27.0.